The number of carbonyl (C=O) groups is 2. The van der Waals surface area contributed by atoms with Crippen LogP contribution in [0.5, 0.6) is 0 Å². The van der Waals surface area contributed by atoms with Gasteiger partial charge in [-0.3, -0.25) is 9.59 Å². The van der Waals surface area contributed by atoms with Crippen molar-refractivity contribution < 1.29 is 19.1 Å². The van der Waals surface area contributed by atoms with Gasteiger partial charge in [-0.2, -0.15) is 5.26 Å². The van der Waals surface area contributed by atoms with Gasteiger partial charge in [0.05, 0.1) is 24.7 Å². The van der Waals surface area contributed by atoms with E-state index >= 15 is 0 Å². The van der Waals surface area contributed by atoms with Gasteiger partial charge < -0.3 is 9.47 Å². The summed E-state index contributed by atoms with van der Waals surface area (Å²) < 4.78 is 9.88. The monoisotopic (exact) mass is 317 g/mol. The number of hydrogen-bond acceptors (Lipinski definition) is 5. The minimum absolute atomic E-state index is 0.138. The van der Waals surface area contributed by atoms with Crippen molar-refractivity contribution in [2.75, 3.05) is 13.2 Å². The van der Waals surface area contributed by atoms with Gasteiger partial charge in [-0.1, -0.05) is 30.3 Å². The fourth-order valence-corrected chi connectivity index (χ4v) is 2.44. The highest BCUT2D eigenvalue weighted by Crippen LogP contribution is 2.34. The minimum Gasteiger partial charge on any atom is -0.466 e. The first-order valence-corrected chi connectivity index (χ1v) is 7.86. The molecule has 1 rings (SSSR count). The molecule has 5 nitrogen and oxygen atoms in total. The van der Waals surface area contributed by atoms with Gasteiger partial charge >= 0.3 is 11.9 Å². The van der Waals surface area contributed by atoms with E-state index in [9.17, 15) is 14.9 Å². The lowest BCUT2D eigenvalue weighted by Crippen LogP contribution is -2.27. The lowest BCUT2D eigenvalue weighted by atomic mass is 9.74. The molecule has 0 aromatic heterocycles. The summed E-state index contributed by atoms with van der Waals surface area (Å²) in [6.45, 7) is 4.11. The molecule has 0 amide bonds. The summed E-state index contributed by atoms with van der Waals surface area (Å²) in [7, 11) is 0. The van der Waals surface area contributed by atoms with Crippen molar-refractivity contribution in [1.82, 2.24) is 0 Å². The third-order valence-corrected chi connectivity index (χ3v) is 3.66. The maximum Gasteiger partial charge on any atom is 0.305 e. The minimum atomic E-state index is -0.902. The normalized spacial score (nSPS) is 10.7. The lowest BCUT2D eigenvalue weighted by Gasteiger charge is -2.26. The second-order valence-corrected chi connectivity index (χ2v) is 5.17. The van der Waals surface area contributed by atoms with Crippen molar-refractivity contribution in [3.05, 3.63) is 35.9 Å². The van der Waals surface area contributed by atoms with Crippen LogP contribution in [0.1, 0.15) is 45.1 Å². The molecule has 0 unspecified atom stereocenters. The van der Waals surface area contributed by atoms with E-state index in [2.05, 4.69) is 6.07 Å². The van der Waals surface area contributed by atoms with Gasteiger partial charge in [-0.15, -0.1) is 0 Å². The van der Waals surface area contributed by atoms with Gasteiger partial charge in [0.25, 0.3) is 0 Å². The van der Waals surface area contributed by atoms with Crippen LogP contribution in [-0.4, -0.2) is 25.2 Å². The molecule has 23 heavy (non-hydrogen) atoms. The lowest BCUT2D eigenvalue weighted by molar-refractivity contribution is -0.143. The van der Waals surface area contributed by atoms with Gasteiger partial charge in [0, 0.05) is 12.8 Å². The molecular weight excluding hydrogens is 294 g/mol. The fraction of sp³-hybridized carbons (Fsp3) is 0.500. The molecular formula is C18H23NO4. The van der Waals surface area contributed by atoms with Crippen LogP contribution in [0.4, 0.5) is 0 Å². The van der Waals surface area contributed by atoms with Crippen LogP contribution in [0.15, 0.2) is 30.3 Å². The van der Waals surface area contributed by atoms with Crippen molar-refractivity contribution in [3.8, 4) is 6.07 Å². The number of benzene rings is 1. The highest BCUT2D eigenvalue weighted by molar-refractivity contribution is 5.70. The molecule has 0 spiro atoms. The summed E-state index contributed by atoms with van der Waals surface area (Å²) in [6.07, 6.45) is 0.899. The molecule has 0 bridgehead atoms. The molecule has 0 saturated carbocycles. The molecule has 0 saturated heterocycles. The SMILES string of the molecule is CCOC(=O)CCC(C#N)(CCC(=O)OCC)c1ccccc1. The summed E-state index contributed by atoms with van der Waals surface area (Å²) >= 11 is 0. The summed E-state index contributed by atoms with van der Waals surface area (Å²) in [4.78, 5) is 23.3. The average Bonchev–Trinajstić information content (AvgIpc) is 2.57. The van der Waals surface area contributed by atoms with Gasteiger partial charge in [0.15, 0.2) is 0 Å². The van der Waals surface area contributed by atoms with Crippen LogP contribution >= 0.6 is 0 Å². The predicted octanol–water partition coefficient (Wildman–Crippen LogP) is 3.13. The first-order valence-electron chi connectivity index (χ1n) is 7.86. The van der Waals surface area contributed by atoms with Gasteiger partial charge in [-0.05, 0) is 32.3 Å². The standard InChI is InChI=1S/C18H23NO4/c1-3-22-16(20)10-12-18(14-19,13-11-17(21)23-4-2)15-8-6-5-7-9-15/h5-9H,3-4,10-13H2,1-2H3. The number of carbonyl (C=O) groups excluding carboxylic acids is 2. The predicted molar refractivity (Wildman–Crippen MR) is 85.5 cm³/mol. The maximum atomic E-state index is 11.7. The smallest absolute Gasteiger partial charge is 0.305 e. The number of nitrogens with zero attached hydrogens (tertiary/aromatic N) is 1. The van der Waals surface area contributed by atoms with Crippen LogP contribution in [-0.2, 0) is 24.5 Å². The molecule has 0 radical (unpaired) electrons. The van der Waals surface area contributed by atoms with E-state index in [1.807, 2.05) is 30.3 Å². The molecule has 1 aromatic carbocycles. The molecule has 124 valence electrons. The summed E-state index contributed by atoms with van der Waals surface area (Å²) in [5.74, 6) is -0.668. The highest BCUT2D eigenvalue weighted by Gasteiger charge is 2.33. The summed E-state index contributed by atoms with van der Waals surface area (Å²) in [6, 6.07) is 11.6. The van der Waals surface area contributed by atoms with Gasteiger partial charge in [0.1, 0.15) is 0 Å². The van der Waals surface area contributed by atoms with E-state index in [0.717, 1.165) is 5.56 Å². The second-order valence-electron chi connectivity index (χ2n) is 5.17. The third-order valence-electron chi connectivity index (χ3n) is 3.66. The number of esters is 2. The van der Waals surface area contributed by atoms with Crippen molar-refractivity contribution >= 4 is 11.9 Å². The zero-order valence-electron chi connectivity index (χ0n) is 13.7. The van der Waals surface area contributed by atoms with Crippen LogP contribution in [0.3, 0.4) is 0 Å². The molecule has 5 heteroatoms. The Morgan fingerprint density at radius 3 is 1.87 bits per heavy atom. The van der Waals surface area contributed by atoms with E-state index in [1.54, 1.807) is 13.8 Å². The number of nitriles is 1. The fourth-order valence-electron chi connectivity index (χ4n) is 2.44. The first-order chi connectivity index (χ1) is 11.1. The van der Waals surface area contributed by atoms with Crippen molar-refractivity contribution in [2.24, 2.45) is 0 Å². The Labute approximate surface area is 137 Å². The van der Waals surface area contributed by atoms with Crippen molar-refractivity contribution in [3.63, 3.8) is 0 Å². The van der Waals surface area contributed by atoms with Crippen LogP contribution in [0, 0.1) is 11.3 Å². The second kappa shape index (κ2) is 9.62. The molecule has 0 N–H and O–H groups in total. The number of ether oxygens (including phenoxy) is 2. The topological polar surface area (TPSA) is 76.4 Å². The first kappa shape index (κ1) is 18.7. The van der Waals surface area contributed by atoms with Crippen LogP contribution < -0.4 is 0 Å². The number of hydrogen-bond donors (Lipinski definition) is 0. The maximum absolute atomic E-state index is 11.7. The van der Waals surface area contributed by atoms with E-state index in [4.69, 9.17) is 9.47 Å². The zero-order valence-corrected chi connectivity index (χ0v) is 13.7. The molecule has 1 aromatic rings. The Hall–Kier alpha value is -2.35. The summed E-state index contributed by atoms with van der Waals surface area (Å²) in [5, 5.41) is 9.76. The Morgan fingerprint density at radius 1 is 1.00 bits per heavy atom. The van der Waals surface area contributed by atoms with Gasteiger partial charge in [-0.25, -0.2) is 0 Å². The number of rotatable bonds is 9. The molecule has 0 aliphatic heterocycles. The molecule has 0 atom stereocenters. The Bertz CT molecular complexity index is 526. The van der Waals surface area contributed by atoms with Gasteiger partial charge in [0.2, 0.25) is 0 Å². The largest absolute Gasteiger partial charge is 0.466 e. The molecule has 0 fully saturated rings. The van der Waals surface area contributed by atoms with E-state index in [-0.39, 0.29) is 24.8 Å². The Morgan fingerprint density at radius 2 is 1.48 bits per heavy atom. The van der Waals surface area contributed by atoms with Crippen LogP contribution in [0.2, 0.25) is 0 Å². The van der Waals surface area contributed by atoms with E-state index in [0.29, 0.717) is 26.1 Å². The van der Waals surface area contributed by atoms with Crippen molar-refractivity contribution in [1.29, 1.82) is 5.26 Å². The molecule has 0 aliphatic rings. The molecule has 0 aliphatic carbocycles. The van der Waals surface area contributed by atoms with Crippen molar-refractivity contribution in [2.45, 2.75) is 44.9 Å². The average molecular weight is 317 g/mol. The third kappa shape index (κ3) is 5.74. The highest BCUT2D eigenvalue weighted by atomic mass is 16.5. The summed E-state index contributed by atoms with van der Waals surface area (Å²) in [5.41, 5.74) is -0.100. The van der Waals surface area contributed by atoms with E-state index < -0.39 is 5.41 Å². The van der Waals surface area contributed by atoms with Crippen LogP contribution in [0.25, 0.3) is 0 Å². The Kier molecular flexibility index (Phi) is 7.82. The quantitative estimate of drug-likeness (QED) is 0.654. The Balaban J connectivity index is 2.91. The zero-order chi connectivity index (χ0) is 17.1. The molecule has 0 heterocycles. The van der Waals surface area contributed by atoms with E-state index in [1.165, 1.54) is 0 Å².